The molecule has 2 aromatic rings. The molecular weight excluding hydrogens is 379 g/mol. The van der Waals surface area contributed by atoms with Gasteiger partial charge in [-0.2, -0.15) is 0 Å². The number of benzene rings is 2. The zero-order chi connectivity index (χ0) is 18.7. The van der Waals surface area contributed by atoms with Crippen LogP contribution in [0.25, 0.3) is 0 Å². The average molecular weight is 393 g/mol. The molecule has 3 rings (SSSR count). The first-order chi connectivity index (χ1) is 12.5. The number of methoxy groups -OCH3 is 1. The number of para-hydroxylation sites is 1. The predicted octanol–water partition coefficient (Wildman–Crippen LogP) is 3.91. The van der Waals surface area contributed by atoms with Gasteiger partial charge in [0.1, 0.15) is 0 Å². The number of nitrogens with zero attached hydrogens (tertiary/aromatic N) is 1. The SMILES string of the molecule is COC(=O)c1ccccc1NC(=O)[C@@H]1CC(c2ccc(Cl)c(Cl)c2)=NO1. The van der Waals surface area contributed by atoms with Gasteiger partial charge in [-0.15, -0.1) is 0 Å². The second-order valence-electron chi connectivity index (χ2n) is 5.49. The lowest BCUT2D eigenvalue weighted by Crippen LogP contribution is -2.28. The average Bonchev–Trinajstić information content (AvgIpc) is 3.14. The monoisotopic (exact) mass is 392 g/mol. The Bertz CT molecular complexity index is 899. The van der Waals surface area contributed by atoms with Crippen LogP contribution in [-0.4, -0.2) is 30.8 Å². The van der Waals surface area contributed by atoms with Crippen LogP contribution in [0.2, 0.25) is 10.0 Å². The Hall–Kier alpha value is -2.57. The maximum Gasteiger partial charge on any atom is 0.339 e. The number of oxime groups is 1. The molecule has 6 nitrogen and oxygen atoms in total. The number of carbonyl (C=O) groups is 2. The summed E-state index contributed by atoms with van der Waals surface area (Å²) in [6.45, 7) is 0. The molecule has 2 aromatic carbocycles. The van der Waals surface area contributed by atoms with Gasteiger partial charge in [0.2, 0.25) is 6.10 Å². The zero-order valence-corrected chi connectivity index (χ0v) is 15.2. The molecule has 0 spiro atoms. The summed E-state index contributed by atoms with van der Waals surface area (Å²) in [6, 6.07) is 11.6. The van der Waals surface area contributed by atoms with Crippen molar-refractivity contribution < 1.29 is 19.2 Å². The Morgan fingerprint density at radius 3 is 2.69 bits per heavy atom. The first kappa shape index (κ1) is 18.2. The van der Waals surface area contributed by atoms with Crippen LogP contribution in [-0.2, 0) is 14.4 Å². The molecule has 0 radical (unpaired) electrons. The highest BCUT2D eigenvalue weighted by Crippen LogP contribution is 2.26. The summed E-state index contributed by atoms with van der Waals surface area (Å²) in [4.78, 5) is 29.5. The highest BCUT2D eigenvalue weighted by atomic mass is 35.5. The van der Waals surface area contributed by atoms with Gasteiger partial charge in [-0.25, -0.2) is 4.79 Å². The number of esters is 1. The number of nitrogens with one attached hydrogen (secondary N) is 1. The third-order valence-corrected chi connectivity index (χ3v) is 4.54. The standard InChI is InChI=1S/C18H14Cl2N2O4/c1-25-18(24)11-4-2-3-5-14(11)21-17(23)16-9-15(22-26-16)10-6-7-12(19)13(20)8-10/h2-8,16H,9H2,1H3,(H,21,23)/t16-/m0/s1. The molecule has 1 aliphatic rings. The van der Waals surface area contributed by atoms with Crippen LogP contribution in [0.15, 0.2) is 47.6 Å². The quantitative estimate of drug-likeness (QED) is 0.800. The largest absolute Gasteiger partial charge is 0.465 e. The Morgan fingerprint density at radius 2 is 1.96 bits per heavy atom. The second-order valence-corrected chi connectivity index (χ2v) is 6.31. The minimum absolute atomic E-state index is 0.256. The molecule has 1 atom stereocenters. The van der Waals surface area contributed by atoms with E-state index in [9.17, 15) is 9.59 Å². The van der Waals surface area contributed by atoms with E-state index in [1.807, 2.05) is 0 Å². The molecule has 0 saturated carbocycles. The van der Waals surface area contributed by atoms with Gasteiger partial charge in [0.25, 0.3) is 5.91 Å². The maximum atomic E-state index is 12.5. The molecule has 8 heteroatoms. The van der Waals surface area contributed by atoms with Crippen LogP contribution in [0, 0.1) is 0 Å². The Morgan fingerprint density at radius 1 is 1.19 bits per heavy atom. The highest BCUT2D eigenvalue weighted by Gasteiger charge is 2.30. The van der Waals surface area contributed by atoms with E-state index in [0.717, 1.165) is 5.56 Å². The molecule has 0 saturated heterocycles. The number of hydrogen-bond donors (Lipinski definition) is 1. The van der Waals surface area contributed by atoms with Gasteiger partial charge in [0.15, 0.2) is 0 Å². The molecule has 134 valence electrons. The third kappa shape index (κ3) is 3.81. The van der Waals surface area contributed by atoms with Crippen molar-refractivity contribution in [2.75, 3.05) is 12.4 Å². The van der Waals surface area contributed by atoms with E-state index in [2.05, 4.69) is 10.5 Å². The number of carbonyl (C=O) groups excluding carboxylic acids is 2. The minimum Gasteiger partial charge on any atom is -0.465 e. The fourth-order valence-corrected chi connectivity index (χ4v) is 2.76. The summed E-state index contributed by atoms with van der Waals surface area (Å²) in [5.41, 5.74) is 1.91. The van der Waals surface area contributed by atoms with Crippen molar-refractivity contribution in [1.29, 1.82) is 0 Å². The maximum absolute atomic E-state index is 12.5. The predicted molar refractivity (Wildman–Crippen MR) is 98.9 cm³/mol. The topological polar surface area (TPSA) is 77.0 Å². The second kappa shape index (κ2) is 7.76. The Labute approximate surface area is 159 Å². The van der Waals surface area contributed by atoms with Crippen LogP contribution in [0.5, 0.6) is 0 Å². The molecule has 0 unspecified atom stereocenters. The van der Waals surface area contributed by atoms with Crippen molar-refractivity contribution in [2.45, 2.75) is 12.5 Å². The molecule has 0 fully saturated rings. The summed E-state index contributed by atoms with van der Waals surface area (Å²) in [5, 5.41) is 7.46. The lowest BCUT2D eigenvalue weighted by molar-refractivity contribution is -0.125. The zero-order valence-electron chi connectivity index (χ0n) is 13.7. The lowest BCUT2D eigenvalue weighted by Gasteiger charge is -2.12. The molecule has 1 N–H and O–H groups in total. The van der Waals surface area contributed by atoms with E-state index < -0.39 is 18.0 Å². The third-order valence-electron chi connectivity index (χ3n) is 3.80. The smallest absolute Gasteiger partial charge is 0.339 e. The summed E-state index contributed by atoms with van der Waals surface area (Å²) < 4.78 is 4.71. The number of halogens is 2. The van der Waals surface area contributed by atoms with E-state index in [4.69, 9.17) is 32.8 Å². The summed E-state index contributed by atoms with van der Waals surface area (Å²) >= 11 is 11.9. The van der Waals surface area contributed by atoms with Crippen LogP contribution < -0.4 is 5.32 Å². The molecule has 26 heavy (non-hydrogen) atoms. The van der Waals surface area contributed by atoms with Gasteiger partial charge in [0, 0.05) is 12.0 Å². The Balaban J connectivity index is 1.70. The number of hydrogen-bond acceptors (Lipinski definition) is 5. The molecule has 1 heterocycles. The van der Waals surface area contributed by atoms with E-state index >= 15 is 0 Å². The Kier molecular flexibility index (Phi) is 5.44. The van der Waals surface area contributed by atoms with Gasteiger partial charge in [0.05, 0.1) is 34.1 Å². The van der Waals surface area contributed by atoms with Crippen LogP contribution in [0.1, 0.15) is 22.3 Å². The van der Waals surface area contributed by atoms with Crippen molar-refractivity contribution in [3.8, 4) is 0 Å². The first-order valence-corrected chi connectivity index (χ1v) is 8.41. The van der Waals surface area contributed by atoms with E-state index in [-0.39, 0.29) is 12.0 Å². The molecule has 0 aliphatic carbocycles. The van der Waals surface area contributed by atoms with Crippen molar-refractivity contribution in [3.05, 3.63) is 63.6 Å². The fourth-order valence-electron chi connectivity index (χ4n) is 2.46. The normalized spacial score (nSPS) is 15.8. The van der Waals surface area contributed by atoms with Crippen molar-refractivity contribution in [3.63, 3.8) is 0 Å². The van der Waals surface area contributed by atoms with Gasteiger partial charge < -0.3 is 14.9 Å². The lowest BCUT2D eigenvalue weighted by atomic mass is 10.0. The summed E-state index contributed by atoms with van der Waals surface area (Å²) in [6.07, 6.45) is -0.547. The molecule has 0 bridgehead atoms. The first-order valence-electron chi connectivity index (χ1n) is 7.66. The van der Waals surface area contributed by atoms with E-state index in [1.165, 1.54) is 7.11 Å². The van der Waals surface area contributed by atoms with Crippen LogP contribution in [0.3, 0.4) is 0 Å². The van der Waals surface area contributed by atoms with Crippen LogP contribution >= 0.6 is 23.2 Å². The van der Waals surface area contributed by atoms with Gasteiger partial charge in [-0.05, 0) is 24.3 Å². The number of ether oxygens (including phenoxy) is 1. The van der Waals surface area contributed by atoms with Crippen molar-refractivity contribution in [2.24, 2.45) is 5.16 Å². The summed E-state index contributed by atoms with van der Waals surface area (Å²) in [7, 11) is 1.28. The number of amides is 1. The van der Waals surface area contributed by atoms with Gasteiger partial charge in [-0.1, -0.05) is 46.6 Å². The van der Waals surface area contributed by atoms with Gasteiger partial charge >= 0.3 is 5.97 Å². The number of anilines is 1. The fraction of sp³-hybridized carbons (Fsp3) is 0.167. The van der Waals surface area contributed by atoms with Crippen molar-refractivity contribution >= 4 is 46.5 Å². The van der Waals surface area contributed by atoms with E-state index in [1.54, 1.807) is 42.5 Å². The molecule has 1 amide bonds. The molecule has 0 aromatic heterocycles. The summed E-state index contributed by atoms with van der Waals surface area (Å²) in [5.74, 6) is -0.957. The number of rotatable bonds is 4. The molecular formula is C18H14Cl2N2O4. The molecule has 1 aliphatic heterocycles. The van der Waals surface area contributed by atoms with Crippen LogP contribution in [0.4, 0.5) is 5.69 Å². The highest BCUT2D eigenvalue weighted by molar-refractivity contribution is 6.42. The van der Waals surface area contributed by atoms with Gasteiger partial charge in [-0.3, -0.25) is 4.79 Å². The van der Waals surface area contributed by atoms with Crippen molar-refractivity contribution in [1.82, 2.24) is 0 Å². The van der Waals surface area contributed by atoms with E-state index in [0.29, 0.717) is 21.4 Å². The minimum atomic E-state index is -0.815.